The smallest absolute Gasteiger partial charge is 0.389 e. The molecule has 0 fully saturated rings. The number of nitrogens with zero attached hydrogens (tertiary/aromatic N) is 2. The first kappa shape index (κ1) is 23.3. The Hall–Kier alpha value is -1.40. The summed E-state index contributed by atoms with van der Waals surface area (Å²) in [7, 11) is -3.61. The zero-order valence-electron chi connectivity index (χ0n) is 15.1. The van der Waals surface area contributed by atoms with E-state index in [0.717, 1.165) is 0 Å². The van der Waals surface area contributed by atoms with Gasteiger partial charge in [0, 0.05) is 21.8 Å². The van der Waals surface area contributed by atoms with Crippen molar-refractivity contribution in [2.45, 2.75) is 31.6 Å². The summed E-state index contributed by atoms with van der Waals surface area (Å²) in [5.74, 6) is 0.813. The van der Waals surface area contributed by atoms with Gasteiger partial charge in [-0.2, -0.15) is 27.1 Å². The van der Waals surface area contributed by atoms with Gasteiger partial charge in [0.05, 0.1) is 16.2 Å². The van der Waals surface area contributed by atoms with Crippen molar-refractivity contribution in [3.8, 4) is 17.1 Å². The highest BCUT2D eigenvalue weighted by molar-refractivity contribution is 9.10. The van der Waals surface area contributed by atoms with E-state index >= 15 is 0 Å². The minimum absolute atomic E-state index is 0.0695. The minimum atomic E-state index is -4.34. The maximum atomic E-state index is 14.3. The van der Waals surface area contributed by atoms with E-state index in [-0.39, 0.29) is 39.2 Å². The third-order valence-corrected chi connectivity index (χ3v) is 7.19. The lowest BCUT2D eigenvalue weighted by Gasteiger charge is -2.15. The molecular formula is C16H14BrF5N3O3PS. The molecule has 2 aromatic heterocycles. The Kier molecular flexibility index (Phi) is 6.68. The maximum absolute atomic E-state index is 14.3. The van der Waals surface area contributed by atoms with Crippen molar-refractivity contribution in [3.05, 3.63) is 27.3 Å². The lowest BCUT2D eigenvalue weighted by atomic mass is 10.1. The van der Waals surface area contributed by atoms with Crippen LogP contribution in [0.3, 0.4) is 0 Å². The van der Waals surface area contributed by atoms with Gasteiger partial charge in [0.15, 0.2) is 5.82 Å². The molecule has 0 spiro atoms. The molecule has 0 amide bonds. The minimum Gasteiger partial charge on any atom is -0.492 e. The van der Waals surface area contributed by atoms with Gasteiger partial charge in [-0.25, -0.2) is 4.98 Å². The van der Waals surface area contributed by atoms with Gasteiger partial charge in [0.1, 0.15) is 11.6 Å². The predicted molar refractivity (Wildman–Crippen MR) is 106 cm³/mol. The molecule has 14 heteroatoms. The zero-order valence-corrected chi connectivity index (χ0v) is 18.4. The number of hydrogen-bond acceptors (Lipinski definition) is 6. The summed E-state index contributed by atoms with van der Waals surface area (Å²) in [6.45, 7) is 1.37. The average Bonchev–Trinajstić information content (AvgIpc) is 3.22. The van der Waals surface area contributed by atoms with Crippen molar-refractivity contribution >= 4 is 45.7 Å². The van der Waals surface area contributed by atoms with Crippen LogP contribution >= 0.6 is 35.6 Å². The van der Waals surface area contributed by atoms with E-state index in [1.165, 1.54) is 12.1 Å². The average molecular weight is 534 g/mol. The van der Waals surface area contributed by atoms with Crippen molar-refractivity contribution < 1.29 is 36.5 Å². The van der Waals surface area contributed by atoms with Crippen LogP contribution < -0.4 is 4.74 Å². The van der Waals surface area contributed by atoms with Crippen LogP contribution in [0.4, 0.5) is 22.0 Å². The fourth-order valence-corrected chi connectivity index (χ4v) is 5.37. The van der Waals surface area contributed by atoms with Crippen molar-refractivity contribution in [3.63, 3.8) is 0 Å². The van der Waals surface area contributed by atoms with Crippen LogP contribution in [0.15, 0.2) is 16.6 Å². The lowest BCUT2D eigenvalue weighted by molar-refractivity contribution is -0.136. The van der Waals surface area contributed by atoms with Gasteiger partial charge < -0.3 is 14.5 Å². The standard InChI is InChI=1S/C16H14BrF5N3O3PS/c1-7-23-14(25-24-7)8-5-9-11(17)13(16(21,22)29(26)27)30-12(9)10(6-8)28-4-2-3-15(18,19)20/h5-6,26-27H,2-4H2,1H3,(H,23,24,25). The molecule has 1 aromatic carbocycles. The molecule has 0 unspecified atom stereocenters. The first-order chi connectivity index (χ1) is 13.9. The van der Waals surface area contributed by atoms with Crippen molar-refractivity contribution in [1.29, 1.82) is 0 Å². The van der Waals surface area contributed by atoms with E-state index in [1.54, 1.807) is 6.92 Å². The summed E-state index contributed by atoms with van der Waals surface area (Å²) in [5, 5.41) is 6.90. The van der Waals surface area contributed by atoms with E-state index in [4.69, 9.17) is 14.5 Å². The molecule has 30 heavy (non-hydrogen) atoms. The second kappa shape index (κ2) is 8.62. The molecule has 0 bridgehead atoms. The number of nitrogens with one attached hydrogen (secondary N) is 1. The third-order valence-electron chi connectivity index (χ3n) is 3.94. The van der Waals surface area contributed by atoms with Gasteiger partial charge in [-0.3, -0.25) is 5.10 Å². The Morgan fingerprint density at radius 2 is 1.93 bits per heavy atom. The molecular weight excluding hydrogens is 520 g/mol. The Bertz CT molecular complexity index is 1060. The number of H-pyrrole nitrogens is 1. The number of alkyl halides is 5. The maximum Gasteiger partial charge on any atom is 0.389 e. The van der Waals surface area contributed by atoms with Crippen molar-refractivity contribution in [1.82, 2.24) is 15.2 Å². The molecule has 6 nitrogen and oxygen atoms in total. The fraction of sp³-hybridized carbons (Fsp3) is 0.375. The van der Waals surface area contributed by atoms with Crippen LogP contribution in [0.5, 0.6) is 5.75 Å². The molecule has 0 saturated heterocycles. The first-order valence-corrected chi connectivity index (χ1v) is 11.2. The Morgan fingerprint density at radius 1 is 1.23 bits per heavy atom. The quantitative estimate of drug-likeness (QED) is 0.202. The number of ether oxygens (including phenoxy) is 1. The molecule has 0 aliphatic carbocycles. The van der Waals surface area contributed by atoms with E-state index in [2.05, 4.69) is 31.1 Å². The Morgan fingerprint density at radius 3 is 2.50 bits per heavy atom. The first-order valence-electron chi connectivity index (χ1n) is 8.31. The van der Waals surface area contributed by atoms with Gasteiger partial charge in [-0.15, -0.1) is 11.3 Å². The normalized spacial score (nSPS) is 12.9. The lowest BCUT2D eigenvalue weighted by Crippen LogP contribution is -2.09. The van der Waals surface area contributed by atoms with Crippen LogP contribution in [-0.4, -0.2) is 37.8 Å². The number of benzene rings is 1. The van der Waals surface area contributed by atoms with Gasteiger partial charge in [0.2, 0.25) is 8.38 Å². The van der Waals surface area contributed by atoms with E-state index in [9.17, 15) is 22.0 Å². The zero-order chi connectivity index (χ0) is 22.3. The molecule has 0 aliphatic rings. The molecule has 164 valence electrons. The van der Waals surface area contributed by atoms with Crippen LogP contribution in [0.2, 0.25) is 0 Å². The monoisotopic (exact) mass is 533 g/mol. The van der Waals surface area contributed by atoms with Crippen molar-refractivity contribution in [2.24, 2.45) is 0 Å². The second-order valence-electron chi connectivity index (χ2n) is 6.24. The highest BCUT2D eigenvalue weighted by Crippen LogP contribution is 2.58. The largest absolute Gasteiger partial charge is 0.492 e. The molecule has 2 heterocycles. The van der Waals surface area contributed by atoms with Crippen LogP contribution in [0.1, 0.15) is 23.5 Å². The number of thiophene rings is 1. The summed E-state index contributed by atoms with van der Waals surface area (Å²) in [5.41, 5.74) is -3.52. The Balaban J connectivity index is 2.06. The van der Waals surface area contributed by atoms with E-state index in [1.807, 2.05) is 0 Å². The van der Waals surface area contributed by atoms with Crippen molar-refractivity contribution in [2.75, 3.05) is 6.61 Å². The van der Waals surface area contributed by atoms with Crippen LogP contribution in [0, 0.1) is 6.92 Å². The number of aryl methyl sites for hydroxylation is 1. The molecule has 0 radical (unpaired) electrons. The fourth-order valence-electron chi connectivity index (χ4n) is 2.59. The van der Waals surface area contributed by atoms with Gasteiger partial charge in [-0.1, -0.05) is 0 Å². The summed E-state index contributed by atoms with van der Waals surface area (Å²) < 4.78 is 71.3. The molecule has 3 N–H and O–H groups in total. The predicted octanol–water partition coefficient (Wildman–Crippen LogP) is 5.82. The van der Waals surface area contributed by atoms with E-state index in [0.29, 0.717) is 22.7 Å². The van der Waals surface area contributed by atoms with Gasteiger partial charge in [0.25, 0.3) is 0 Å². The SMILES string of the molecule is Cc1nc(-c2cc(OCCCC(F)(F)F)c3sc(C(F)(F)P(O)O)c(Br)c3c2)n[nH]1. The Labute approximate surface area is 180 Å². The molecule has 3 rings (SSSR count). The topological polar surface area (TPSA) is 91.3 Å². The third kappa shape index (κ3) is 4.91. The number of fused-ring (bicyclic) bond motifs is 1. The van der Waals surface area contributed by atoms with E-state index < -0.39 is 31.5 Å². The molecule has 0 saturated carbocycles. The number of rotatable bonds is 7. The van der Waals surface area contributed by atoms with Crippen LogP contribution in [-0.2, 0) is 5.66 Å². The second-order valence-corrected chi connectivity index (χ2v) is 9.19. The summed E-state index contributed by atoms with van der Waals surface area (Å²) in [6.07, 6.45) is -5.70. The summed E-state index contributed by atoms with van der Waals surface area (Å²) in [6, 6.07) is 2.96. The molecule has 0 aliphatic heterocycles. The molecule has 0 atom stereocenters. The van der Waals surface area contributed by atoms with Gasteiger partial charge in [-0.05, 0) is 41.4 Å². The number of aromatic amines is 1. The number of hydrogen-bond donors (Lipinski definition) is 3. The highest BCUT2D eigenvalue weighted by Gasteiger charge is 2.45. The van der Waals surface area contributed by atoms with Gasteiger partial charge >= 0.3 is 11.8 Å². The van der Waals surface area contributed by atoms with Crippen LogP contribution in [0.25, 0.3) is 21.5 Å². The summed E-state index contributed by atoms with van der Waals surface area (Å²) >= 11 is 3.64. The number of aromatic nitrogens is 3. The molecule has 3 aromatic rings. The highest BCUT2D eigenvalue weighted by atomic mass is 79.9. The number of halogens is 6. The summed E-state index contributed by atoms with van der Waals surface area (Å²) in [4.78, 5) is 21.8.